The zero-order valence-corrected chi connectivity index (χ0v) is 14.7. The van der Waals surface area contributed by atoms with Gasteiger partial charge < -0.3 is 20.4 Å². The molecule has 3 N–H and O–H groups in total. The van der Waals surface area contributed by atoms with Gasteiger partial charge in [0.05, 0.1) is 24.2 Å². The first-order valence-corrected chi connectivity index (χ1v) is 9.22. The monoisotopic (exact) mass is 348 g/mol. The molecule has 2 aliphatic rings. The van der Waals surface area contributed by atoms with Gasteiger partial charge >= 0.3 is 0 Å². The van der Waals surface area contributed by atoms with E-state index in [-0.39, 0.29) is 18.9 Å². The summed E-state index contributed by atoms with van der Waals surface area (Å²) in [4.78, 5) is 22.6. The summed E-state index contributed by atoms with van der Waals surface area (Å²) in [5.74, 6) is 0.411. The van der Waals surface area contributed by atoms with Crippen molar-refractivity contribution in [2.45, 2.75) is 62.6 Å². The van der Waals surface area contributed by atoms with Gasteiger partial charge in [-0.15, -0.1) is 0 Å². The lowest BCUT2D eigenvalue weighted by atomic mass is 9.82. The van der Waals surface area contributed by atoms with Gasteiger partial charge in [0, 0.05) is 25.5 Å². The topological polar surface area (TPSA) is 98.6 Å². The van der Waals surface area contributed by atoms with Crippen LogP contribution in [0, 0.1) is 0 Å². The highest BCUT2D eigenvalue weighted by molar-refractivity contribution is 5.77. The maximum Gasteiger partial charge on any atom is 0.225 e. The second-order valence-corrected chi connectivity index (χ2v) is 7.54. The van der Waals surface area contributed by atoms with Gasteiger partial charge in [0.25, 0.3) is 0 Å². The van der Waals surface area contributed by atoms with Gasteiger partial charge in [0.2, 0.25) is 11.9 Å². The Labute approximate surface area is 148 Å². The SMILES string of the molecule is O=C(CC1(O)CCCCC1)NC[C@]1(O)CCCN(c2ncccn2)C1. The molecule has 1 saturated heterocycles. The van der Waals surface area contributed by atoms with Gasteiger partial charge in [-0.2, -0.15) is 0 Å². The van der Waals surface area contributed by atoms with Gasteiger partial charge in [-0.05, 0) is 31.7 Å². The number of hydrogen-bond donors (Lipinski definition) is 3. The molecule has 0 radical (unpaired) electrons. The molecule has 1 saturated carbocycles. The van der Waals surface area contributed by atoms with E-state index in [4.69, 9.17) is 0 Å². The van der Waals surface area contributed by atoms with E-state index in [1.165, 1.54) is 0 Å². The highest BCUT2D eigenvalue weighted by Crippen LogP contribution is 2.31. The average molecular weight is 348 g/mol. The standard InChI is InChI=1S/C18H28N4O3/c23-15(12-17(24)6-2-1-3-7-17)21-13-18(25)8-4-11-22(14-18)16-19-9-5-10-20-16/h5,9-10,24-25H,1-4,6-8,11-14H2,(H,21,23)/t18-/m1/s1. The van der Waals surface area contributed by atoms with Crippen molar-refractivity contribution in [1.29, 1.82) is 0 Å². The minimum atomic E-state index is -0.998. The molecule has 7 nitrogen and oxygen atoms in total. The van der Waals surface area contributed by atoms with Crippen LogP contribution >= 0.6 is 0 Å². The Morgan fingerprint density at radius 2 is 1.76 bits per heavy atom. The predicted octanol–water partition coefficient (Wildman–Crippen LogP) is 1.01. The van der Waals surface area contributed by atoms with Crippen LogP contribution in [0.4, 0.5) is 5.95 Å². The molecular weight excluding hydrogens is 320 g/mol. The smallest absolute Gasteiger partial charge is 0.225 e. The minimum absolute atomic E-state index is 0.120. The summed E-state index contributed by atoms with van der Waals surface area (Å²) < 4.78 is 0. The van der Waals surface area contributed by atoms with E-state index in [2.05, 4.69) is 15.3 Å². The van der Waals surface area contributed by atoms with Crippen LogP contribution < -0.4 is 10.2 Å². The van der Waals surface area contributed by atoms with E-state index in [9.17, 15) is 15.0 Å². The Balaban J connectivity index is 1.52. The number of carbonyl (C=O) groups excluding carboxylic acids is 1. The van der Waals surface area contributed by atoms with Crippen molar-refractivity contribution in [1.82, 2.24) is 15.3 Å². The molecule has 0 bridgehead atoms. The summed E-state index contributed by atoms with van der Waals surface area (Å²) in [5.41, 5.74) is -1.87. The first kappa shape index (κ1) is 18.1. The third-order valence-corrected chi connectivity index (χ3v) is 5.28. The van der Waals surface area contributed by atoms with Crippen molar-refractivity contribution in [3.05, 3.63) is 18.5 Å². The average Bonchev–Trinajstić information content (AvgIpc) is 2.61. The maximum absolute atomic E-state index is 12.2. The van der Waals surface area contributed by atoms with E-state index >= 15 is 0 Å². The summed E-state index contributed by atoms with van der Waals surface area (Å²) in [5, 5.41) is 24.2. The molecular formula is C18H28N4O3. The molecule has 0 aromatic carbocycles. The Hall–Kier alpha value is -1.73. The number of rotatable bonds is 5. The molecule has 1 aromatic rings. The molecule has 25 heavy (non-hydrogen) atoms. The predicted molar refractivity (Wildman–Crippen MR) is 94.1 cm³/mol. The second-order valence-electron chi connectivity index (χ2n) is 7.54. The van der Waals surface area contributed by atoms with E-state index in [0.717, 1.165) is 32.2 Å². The zero-order valence-electron chi connectivity index (χ0n) is 14.7. The Morgan fingerprint density at radius 1 is 1.08 bits per heavy atom. The van der Waals surface area contributed by atoms with Crippen LogP contribution in [0.5, 0.6) is 0 Å². The van der Waals surface area contributed by atoms with Crippen molar-refractivity contribution < 1.29 is 15.0 Å². The summed E-state index contributed by atoms with van der Waals surface area (Å²) >= 11 is 0. The molecule has 0 unspecified atom stereocenters. The van der Waals surface area contributed by atoms with E-state index in [1.807, 2.05) is 4.90 Å². The normalized spacial score (nSPS) is 26.2. The molecule has 2 fully saturated rings. The van der Waals surface area contributed by atoms with Crippen LogP contribution in [-0.2, 0) is 4.79 Å². The van der Waals surface area contributed by atoms with Crippen LogP contribution in [0.25, 0.3) is 0 Å². The molecule has 1 aliphatic heterocycles. The lowest BCUT2D eigenvalue weighted by Gasteiger charge is -2.39. The van der Waals surface area contributed by atoms with Crippen LogP contribution in [0.15, 0.2) is 18.5 Å². The second kappa shape index (κ2) is 7.66. The summed E-state index contributed by atoms with van der Waals surface area (Å²) in [6, 6.07) is 1.76. The third kappa shape index (κ3) is 4.89. The number of aromatic nitrogens is 2. The highest BCUT2D eigenvalue weighted by Gasteiger charge is 2.36. The summed E-state index contributed by atoms with van der Waals surface area (Å²) in [6.07, 6.45) is 9.36. The maximum atomic E-state index is 12.2. The molecule has 0 spiro atoms. The highest BCUT2D eigenvalue weighted by atomic mass is 16.3. The van der Waals surface area contributed by atoms with Gasteiger partial charge in [0.1, 0.15) is 0 Å². The van der Waals surface area contributed by atoms with Gasteiger partial charge in [-0.3, -0.25) is 4.79 Å². The van der Waals surface area contributed by atoms with E-state index in [0.29, 0.717) is 31.8 Å². The van der Waals surface area contributed by atoms with Crippen molar-refractivity contribution in [2.24, 2.45) is 0 Å². The number of anilines is 1. The molecule has 1 amide bonds. The molecule has 1 atom stereocenters. The number of nitrogens with zero attached hydrogens (tertiary/aromatic N) is 3. The Morgan fingerprint density at radius 3 is 2.48 bits per heavy atom. The van der Waals surface area contributed by atoms with Crippen LogP contribution in [0.1, 0.15) is 51.4 Å². The molecule has 2 heterocycles. The molecule has 7 heteroatoms. The minimum Gasteiger partial charge on any atom is -0.389 e. The number of amides is 1. The first-order valence-electron chi connectivity index (χ1n) is 9.22. The fourth-order valence-corrected chi connectivity index (χ4v) is 3.89. The fraction of sp³-hybridized carbons (Fsp3) is 0.722. The molecule has 1 aromatic heterocycles. The zero-order chi connectivity index (χ0) is 17.8. The van der Waals surface area contributed by atoms with Gasteiger partial charge in [-0.25, -0.2) is 9.97 Å². The number of aliphatic hydroxyl groups is 2. The van der Waals surface area contributed by atoms with E-state index in [1.54, 1.807) is 18.5 Å². The lowest BCUT2D eigenvalue weighted by Crippen LogP contribution is -2.55. The summed E-state index contributed by atoms with van der Waals surface area (Å²) in [7, 11) is 0. The number of β-amino-alcohol motifs (C(OH)–C–C–N with tert-alkyl or cyclic N) is 1. The fourth-order valence-electron chi connectivity index (χ4n) is 3.89. The lowest BCUT2D eigenvalue weighted by molar-refractivity contribution is -0.128. The van der Waals surface area contributed by atoms with Crippen LogP contribution in [0.3, 0.4) is 0 Å². The number of carbonyl (C=O) groups is 1. The Kier molecular flexibility index (Phi) is 5.54. The number of nitrogens with one attached hydrogen (secondary N) is 1. The quantitative estimate of drug-likeness (QED) is 0.735. The number of hydrogen-bond acceptors (Lipinski definition) is 6. The van der Waals surface area contributed by atoms with E-state index < -0.39 is 11.2 Å². The van der Waals surface area contributed by atoms with Crippen LogP contribution in [0.2, 0.25) is 0 Å². The Bertz CT molecular complexity index is 577. The molecule has 3 rings (SSSR count). The third-order valence-electron chi connectivity index (χ3n) is 5.28. The molecule has 138 valence electrons. The van der Waals surface area contributed by atoms with Crippen molar-refractivity contribution in [2.75, 3.05) is 24.5 Å². The van der Waals surface area contributed by atoms with Crippen molar-refractivity contribution >= 4 is 11.9 Å². The van der Waals surface area contributed by atoms with Gasteiger partial charge in [0.15, 0.2) is 0 Å². The van der Waals surface area contributed by atoms with Gasteiger partial charge in [-0.1, -0.05) is 19.3 Å². The van der Waals surface area contributed by atoms with Crippen molar-refractivity contribution in [3.8, 4) is 0 Å². The largest absolute Gasteiger partial charge is 0.389 e. The summed E-state index contributed by atoms with van der Waals surface area (Å²) in [6.45, 7) is 1.37. The van der Waals surface area contributed by atoms with Crippen LogP contribution in [-0.4, -0.2) is 56.9 Å². The van der Waals surface area contributed by atoms with Crippen molar-refractivity contribution in [3.63, 3.8) is 0 Å². The number of piperidine rings is 1. The first-order chi connectivity index (χ1) is 12.0. The molecule has 1 aliphatic carbocycles.